The molecule has 5 nitrogen and oxygen atoms in total. The van der Waals surface area contributed by atoms with Crippen LogP contribution in [0.25, 0.3) is 17.0 Å². The summed E-state index contributed by atoms with van der Waals surface area (Å²) in [6, 6.07) is 5.38. The Bertz CT molecular complexity index is 908. The SMILES string of the molecule is O=C(O)/C=C/c1cc2cc(F)ccc2n1S(=O)(=O)C1CCCCC1. The van der Waals surface area contributed by atoms with Crippen molar-refractivity contribution < 1.29 is 22.7 Å². The fourth-order valence-electron chi connectivity index (χ4n) is 3.25. The molecule has 1 aliphatic rings. The number of hydrogen-bond acceptors (Lipinski definition) is 3. The lowest BCUT2D eigenvalue weighted by Gasteiger charge is -2.23. The molecule has 1 aromatic heterocycles. The van der Waals surface area contributed by atoms with E-state index in [9.17, 15) is 17.6 Å². The lowest BCUT2D eigenvalue weighted by atomic mass is 10.0. The molecule has 0 spiro atoms. The Labute approximate surface area is 139 Å². The molecule has 24 heavy (non-hydrogen) atoms. The van der Waals surface area contributed by atoms with E-state index in [0.29, 0.717) is 23.7 Å². The predicted octanol–water partition coefficient (Wildman–Crippen LogP) is 3.39. The van der Waals surface area contributed by atoms with Gasteiger partial charge in [-0.2, -0.15) is 0 Å². The van der Waals surface area contributed by atoms with Gasteiger partial charge in [-0.1, -0.05) is 19.3 Å². The largest absolute Gasteiger partial charge is 0.478 e. The van der Waals surface area contributed by atoms with Gasteiger partial charge in [0.25, 0.3) is 0 Å². The number of aliphatic carboxylic acids is 1. The third-order valence-corrected chi connectivity index (χ3v) is 6.60. The topological polar surface area (TPSA) is 76.4 Å². The van der Waals surface area contributed by atoms with E-state index in [2.05, 4.69) is 0 Å². The molecule has 0 atom stereocenters. The Morgan fingerprint density at radius 3 is 2.58 bits per heavy atom. The number of fused-ring (bicyclic) bond motifs is 1. The highest BCUT2D eigenvalue weighted by molar-refractivity contribution is 7.90. The number of aromatic nitrogens is 1. The van der Waals surface area contributed by atoms with Crippen molar-refractivity contribution in [2.24, 2.45) is 0 Å². The van der Waals surface area contributed by atoms with E-state index in [1.165, 1.54) is 30.3 Å². The maximum absolute atomic E-state index is 13.5. The third-order valence-electron chi connectivity index (χ3n) is 4.37. The third kappa shape index (κ3) is 3.08. The number of carboxylic acids is 1. The van der Waals surface area contributed by atoms with Crippen LogP contribution in [0.5, 0.6) is 0 Å². The first kappa shape index (κ1) is 16.7. The van der Waals surface area contributed by atoms with Crippen molar-refractivity contribution in [3.8, 4) is 0 Å². The zero-order valence-electron chi connectivity index (χ0n) is 13.0. The van der Waals surface area contributed by atoms with Crippen LogP contribution in [0.4, 0.5) is 4.39 Å². The fourth-order valence-corrected chi connectivity index (χ4v) is 5.33. The van der Waals surface area contributed by atoms with Gasteiger partial charge >= 0.3 is 5.97 Å². The van der Waals surface area contributed by atoms with Gasteiger partial charge < -0.3 is 5.11 Å². The first-order chi connectivity index (χ1) is 11.4. The molecule has 7 heteroatoms. The van der Waals surface area contributed by atoms with Crippen molar-refractivity contribution in [1.29, 1.82) is 0 Å². The average molecular weight is 351 g/mol. The lowest BCUT2D eigenvalue weighted by Crippen LogP contribution is -2.30. The van der Waals surface area contributed by atoms with E-state index < -0.39 is 27.1 Å². The van der Waals surface area contributed by atoms with E-state index >= 15 is 0 Å². The van der Waals surface area contributed by atoms with Gasteiger partial charge in [0.2, 0.25) is 10.0 Å². The summed E-state index contributed by atoms with van der Waals surface area (Å²) < 4.78 is 40.8. The molecule has 1 saturated carbocycles. The van der Waals surface area contributed by atoms with Gasteiger partial charge in [-0.15, -0.1) is 0 Å². The first-order valence-electron chi connectivity index (χ1n) is 7.86. The molecular weight excluding hydrogens is 333 g/mol. The molecule has 0 amide bonds. The highest BCUT2D eigenvalue weighted by atomic mass is 32.2. The highest BCUT2D eigenvalue weighted by Crippen LogP contribution is 2.30. The monoisotopic (exact) mass is 351 g/mol. The van der Waals surface area contributed by atoms with E-state index in [-0.39, 0.29) is 5.69 Å². The molecule has 1 heterocycles. The Hall–Kier alpha value is -2.15. The molecular formula is C17H18FNO4S. The molecule has 1 fully saturated rings. The summed E-state index contributed by atoms with van der Waals surface area (Å²) in [6.07, 6.45) is 6.04. The number of hydrogen-bond donors (Lipinski definition) is 1. The van der Waals surface area contributed by atoms with Crippen molar-refractivity contribution in [1.82, 2.24) is 3.97 Å². The lowest BCUT2D eigenvalue weighted by molar-refractivity contribution is -0.131. The van der Waals surface area contributed by atoms with E-state index in [1.807, 2.05) is 0 Å². The number of rotatable bonds is 4. The number of halogens is 1. The number of carbonyl (C=O) groups is 1. The van der Waals surface area contributed by atoms with Crippen LogP contribution in [0.2, 0.25) is 0 Å². The zero-order valence-corrected chi connectivity index (χ0v) is 13.8. The molecule has 2 aromatic rings. The normalized spacial score (nSPS) is 16.9. The highest BCUT2D eigenvalue weighted by Gasteiger charge is 2.31. The first-order valence-corrected chi connectivity index (χ1v) is 9.36. The number of carboxylic acid groups (broad SMARTS) is 1. The van der Waals surface area contributed by atoms with Gasteiger partial charge in [-0.25, -0.2) is 21.6 Å². The van der Waals surface area contributed by atoms with Gasteiger partial charge in [0.05, 0.1) is 16.5 Å². The Kier molecular flexibility index (Phi) is 4.45. The minimum Gasteiger partial charge on any atom is -0.478 e. The van der Waals surface area contributed by atoms with Crippen LogP contribution >= 0.6 is 0 Å². The molecule has 0 unspecified atom stereocenters. The van der Waals surface area contributed by atoms with Crippen LogP contribution in [-0.2, 0) is 14.8 Å². The number of benzene rings is 1. The zero-order chi connectivity index (χ0) is 17.3. The summed E-state index contributed by atoms with van der Waals surface area (Å²) in [5.74, 6) is -1.64. The number of nitrogens with zero attached hydrogens (tertiary/aromatic N) is 1. The van der Waals surface area contributed by atoms with E-state index in [4.69, 9.17) is 5.11 Å². The summed E-state index contributed by atoms with van der Waals surface area (Å²) in [5.41, 5.74) is 0.593. The summed E-state index contributed by atoms with van der Waals surface area (Å²) in [4.78, 5) is 10.8. The maximum atomic E-state index is 13.5. The molecule has 0 aliphatic heterocycles. The Balaban J connectivity index is 2.20. The Morgan fingerprint density at radius 1 is 1.21 bits per heavy atom. The average Bonchev–Trinajstić information content (AvgIpc) is 2.91. The minimum atomic E-state index is -3.69. The van der Waals surface area contributed by atoms with Crippen LogP contribution in [0.15, 0.2) is 30.3 Å². The van der Waals surface area contributed by atoms with Crippen LogP contribution in [0.1, 0.15) is 37.8 Å². The fraction of sp³-hybridized carbons (Fsp3) is 0.353. The molecule has 3 rings (SSSR count). The molecule has 128 valence electrons. The second-order valence-corrected chi connectivity index (χ2v) is 8.08. The Morgan fingerprint density at radius 2 is 1.92 bits per heavy atom. The molecule has 1 aliphatic carbocycles. The smallest absolute Gasteiger partial charge is 0.328 e. The van der Waals surface area contributed by atoms with Gasteiger partial charge in [0.15, 0.2) is 0 Å². The quantitative estimate of drug-likeness (QED) is 0.857. The maximum Gasteiger partial charge on any atom is 0.328 e. The second kappa shape index (κ2) is 6.39. The van der Waals surface area contributed by atoms with Crippen LogP contribution in [-0.4, -0.2) is 28.7 Å². The van der Waals surface area contributed by atoms with Crippen molar-refractivity contribution in [3.05, 3.63) is 41.9 Å². The van der Waals surface area contributed by atoms with Gasteiger partial charge in [0, 0.05) is 11.5 Å². The van der Waals surface area contributed by atoms with Crippen molar-refractivity contribution in [3.63, 3.8) is 0 Å². The van der Waals surface area contributed by atoms with E-state index in [0.717, 1.165) is 29.3 Å². The molecule has 1 N–H and O–H groups in total. The summed E-state index contributed by atoms with van der Waals surface area (Å²) in [6.45, 7) is 0. The van der Waals surface area contributed by atoms with Gasteiger partial charge in [0.1, 0.15) is 5.82 Å². The van der Waals surface area contributed by atoms with Crippen LogP contribution in [0, 0.1) is 5.82 Å². The van der Waals surface area contributed by atoms with E-state index in [1.54, 1.807) is 0 Å². The van der Waals surface area contributed by atoms with Crippen molar-refractivity contribution >= 4 is 33.0 Å². The standard InChI is InChI=1S/C17H18FNO4S/c18-13-6-8-16-12(10-13)11-14(7-9-17(20)21)19(16)24(22,23)15-4-2-1-3-5-15/h6-11,15H,1-5H2,(H,20,21)/b9-7+. The van der Waals surface area contributed by atoms with Gasteiger partial charge in [-0.3, -0.25) is 0 Å². The molecule has 0 bridgehead atoms. The van der Waals surface area contributed by atoms with Crippen molar-refractivity contribution in [2.75, 3.05) is 0 Å². The van der Waals surface area contributed by atoms with Gasteiger partial charge in [-0.05, 0) is 43.2 Å². The van der Waals surface area contributed by atoms with Crippen LogP contribution < -0.4 is 0 Å². The summed E-state index contributed by atoms with van der Waals surface area (Å²) >= 11 is 0. The molecule has 1 aromatic carbocycles. The predicted molar refractivity (Wildman–Crippen MR) is 89.8 cm³/mol. The summed E-state index contributed by atoms with van der Waals surface area (Å²) in [5, 5.41) is 8.76. The minimum absolute atomic E-state index is 0.226. The summed E-state index contributed by atoms with van der Waals surface area (Å²) in [7, 11) is -3.69. The van der Waals surface area contributed by atoms with Crippen LogP contribution in [0.3, 0.4) is 0 Å². The molecule has 0 radical (unpaired) electrons. The van der Waals surface area contributed by atoms with Crippen molar-refractivity contribution in [2.45, 2.75) is 37.4 Å². The second-order valence-electron chi connectivity index (χ2n) is 6.01. The molecule has 0 saturated heterocycles.